The van der Waals surface area contributed by atoms with Crippen molar-refractivity contribution < 1.29 is 0 Å². The van der Waals surface area contributed by atoms with Crippen LogP contribution in [0.25, 0.3) is 20.2 Å². The Bertz CT molecular complexity index is 657. The quantitative estimate of drug-likeness (QED) is 0.485. The van der Waals surface area contributed by atoms with Gasteiger partial charge in [-0.05, 0) is 40.8 Å². The molecule has 74 valence electrons. The van der Waals surface area contributed by atoms with Crippen molar-refractivity contribution in [2.75, 3.05) is 0 Å². The van der Waals surface area contributed by atoms with E-state index in [-0.39, 0.29) is 0 Å². The molecule has 0 saturated heterocycles. The maximum absolute atomic E-state index is 6.23. The molecule has 3 rings (SSSR count). The van der Waals surface area contributed by atoms with Crippen molar-refractivity contribution in [3.05, 3.63) is 45.0 Å². The van der Waals surface area contributed by atoms with Gasteiger partial charge < -0.3 is 0 Å². The molecule has 0 bridgehead atoms. The molecular weight excluding hydrogens is 339 g/mol. The molecule has 0 fully saturated rings. The largest absolute Gasteiger partial charge is 0.134 e. The van der Waals surface area contributed by atoms with E-state index in [1.807, 2.05) is 23.5 Å². The van der Waals surface area contributed by atoms with Gasteiger partial charge in [0, 0.05) is 28.8 Å². The van der Waals surface area contributed by atoms with Crippen LogP contribution in [0.4, 0.5) is 0 Å². The van der Waals surface area contributed by atoms with Crippen molar-refractivity contribution in [3.8, 4) is 0 Å². The molecule has 0 radical (unpaired) electrons. The second-order valence-corrected chi connectivity index (χ2v) is 5.95. The Kier molecular flexibility index (Phi) is 2.38. The minimum atomic E-state index is 0.848. The van der Waals surface area contributed by atoms with E-state index >= 15 is 0 Å². The van der Waals surface area contributed by atoms with Gasteiger partial charge in [-0.15, -0.1) is 11.3 Å². The van der Waals surface area contributed by atoms with Crippen LogP contribution in [0.1, 0.15) is 0 Å². The molecule has 0 unspecified atom stereocenters. The molecule has 0 N–H and O–H groups in total. The van der Waals surface area contributed by atoms with E-state index in [1.54, 1.807) is 0 Å². The van der Waals surface area contributed by atoms with E-state index < -0.39 is 0 Å². The highest BCUT2D eigenvalue weighted by Crippen LogP contribution is 2.39. The number of benzene rings is 2. The summed E-state index contributed by atoms with van der Waals surface area (Å²) in [5.74, 6) is 0. The van der Waals surface area contributed by atoms with E-state index in [4.69, 9.17) is 11.6 Å². The van der Waals surface area contributed by atoms with E-state index in [1.165, 1.54) is 23.7 Å². The van der Waals surface area contributed by atoms with Crippen molar-refractivity contribution in [2.24, 2.45) is 0 Å². The van der Waals surface area contributed by atoms with Gasteiger partial charge in [-0.2, -0.15) is 0 Å². The first-order valence-corrected chi connectivity index (χ1v) is 6.80. The Morgan fingerprint density at radius 1 is 1.07 bits per heavy atom. The highest BCUT2D eigenvalue weighted by atomic mass is 127. The van der Waals surface area contributed by atoms with Crippen molar-refractivity contribution in [3.63, 3.8) is 0 Å². The fraction of sp³-hybridized carbons (Fsp3) is 0. The highest BCUT2D eigenvalue weighted by Gasteiger charge is 2.09. The summed E-state index contributed by atoms with van der Waals surface area (Å²) in [6.07, 6.45) is 0. The summed E-state index contributed by atoms with van der Waals surface area (Å²) in [6.45, 7) is 0. The van der Waals surface area contributed by atoms with Crippen LogP contribution in [-0.4, -0.2) is 0 Å². The number of hydrogen-bond acceptors (Lipinski definition) is 1. The number of fused-ring (bicyclic) bond motifs is 3. The van der Waals surface area contributed by atoms with Crippen molar-refractivity contribution >= 4 is 65.7 Å². The molecule has 2 aromatic carbocycles. The van der Waals surface area contributed by atoms with E-state index in [0.29, 0.717) is 0 Å². The molecule has 0 nitrogen and oxygen atoms in total. The molecule has 0 atom stereocenters. The van der Waals surface area contributed by atoms with Crippen LogP contribution in [0.3, 0.4) is 0 Å². The molecule has 0 amide bonds. The fourth-order valence-corrected chi connectivity index (χ4v) is 4.07. The SMILES string of the molecule is Clc1cccc2sc3c(I)cccc3c12. The molecule has 1 aromatic heterocycles. The molecule has 3 aromatic rings. The summed E-state index contributed by atoms with van der Waals surface area (Å²) in [5.41, 5.74) is 0. The monoisotopic (exact) mass is 344 g/mol. The summed E-state index contributed by atoms with van der Waals surface area (Å²) in [6, 6.07) is 12.4. The van der Waals surface area contributed by atoms with Crippen LogP contribution >= 0.6 is 45.5 Å². The van der Waals surface area contributed by atoms with Crippen molar-refractivity contribution in [2.45, 2.75) is 0 Å². The van der Waals surface area contributed by atoms with E-state index in [0.717, 1.165) is 5.02 Å². The molecule has 0 aliphatic carbocycles. The molecule has 15 heavy (non-hydrogen) atoms. The zero-order chi connectivity index (χ0) is 10.4. The Morgan fingerprint density at radius 2 is 1.87 bits per heavy atom. The van der Waals surface area contributed by atoms with Crippen LogP contribution in [0, 0.1) is 3.57 Å². The second kappa shape index (κ2) is 3.61. The number of thiophene rings is 1. The third-order valence-electron chi connectivity index (χ3n) is 2.42. The molecule has 0 saturated carbocycles. The maximum Gasteiger partial charge on any atom is 0.0499 e. The molecule has 0 aliphatic heterocycles. The molecule has 3 heteroatoms. The zero-order valence-corrected chi connectivity index (χ0v) is 11.4. The number of halogens is 2. The first-order valence-electron chi connectivity index (χ1n) is 4.52. The normalized spacial score (nSPS) is 11.3. The summed E-state index contributed by atoms with van der Waals surface area (Å²) in [4.78, 5) is 0. The second-order valence-electron chi connectivity index (χ2n) is 3.33. The predicted octanol–water partition coefficient (Wildman–Crippen LogP) is 5.31. The van der Waals surface area contributed by atoms with Gasteiger partial charge in [0.2, 0.25) is 0 Å². The molecule has 1 heterocycles. The molecule has 0 aliphatic rings. The number of hydrogen-bond donors (Lipinski definition) is 0. The van der Waals surface area contributed by atoms with E-state index in [2.05, 4.69) is 46.9 Å². The topological polar surface area (TPSA) is 0 Å². The lowest BCUT2D eigenvalue weighted by Gasteiger charge is -1.95. The van der Waals surface area contributed by atoms with Crippen LogP contribution in [0.5, 0.6) is 0 Å². The smallest absolute Gasteiger partial charge is 0.0499 e. The third kappa shape index (κ3) is 1.47. The van der Waals surface area contributed by atoms with Gasteiger partial charge in [0.1, 0.15) is 0 Å². The first-order chi connectivity index (χ1) is 7.27. The lowest BCUT2D eigenvalue weighted by molar-refractivity contribution is 1.79. The Labute approximate surface area is 110 Å². The summed E-state index contributed by atoms with van der Waals surface area (Å²) in [5, 5.41) is 3.31. The Balaban J connectivity index is 2.65. The van der Waals surface area contributed by atoms with Crippen LogP contribution in [-0.2, 0) is 0 Å². The lowest BCUT2D eigenvalue weighted by Crippen LogP contribution is -1.70. The maximum atomic E-state index is 6.23. The third-order valence-corrected chi connectivity index (χ3v) is 5.21. The first kappa shape index (κ1) is 9.87. The van der Waals surface area contributed by atoms with E-state index in [9.17, 15) is 0 Å². The van der Waals surface area contributed by atoms with Crippen LogP contribution < -0.4 is 0 Å². The lowest BCUT2D eigenvalue weighted by atomic mass is 10.1. The fourth-order valence-electron chi connectivity index (χ4n) is 1.77. The predicted molar refractivity (Wildman–Crippen MR) is 77.1 cm³/mol. The van der Waals surface area contributed by atoms with Crippen LogP contribution in [0.2, 0.25) is 5.02 Å². The Hall–Kier alpha value is -0.320. The van der Waals surface area contributed by atoms with Gasteiger partial charge in [0.25, 0.3) is 0 Å². The standard InChI is InChI=1S/C12H6ClIS/c13-8-4-2-6-10-11(8)7-3-1-5-9(14)12(7)15-10/h1-6H. The van der Waals surface area contributed by atoms with Crippen molar-refractivity contribution in [1.82, 2.24) is 0 Å². The van der Waals surface area contributed by atoms with Gasteiger partial charge in [0.15, 0.2) is 0 Å². The summed E-state index contributed by atoms with van der Waals surface area (Å²) >= 11 is 10.4. The molecule has 0 spiro atoms. The zero-order valence-electron chi connectivity index (χ0n) is 7.63. The van der Waals surface area contributed by atoms with Gasteiger partial charge in [-0.25, -0.2) is 0 Å². The van der Waals surface area contributed by atoms with Gasteiger partial charge >= 0.3 is 0 Å². The minimum absolute atomic E-state index is 0.848. The van der Waals surface area contributed by atoms with Gasteiger partial charge in [-0.3, -0.25) is 0 Å². The molecular formula is C12H6ClIS. The van der Waals surface area contributed by atoms with Crippen molar-refractivity contribution in [1.29, 1.82) is 0 Å². The average Bonchev–Trinajstić information content (AvgIpc) is 2.59. The Morgan fingerprint density at radius 3 is 2.73 bits per heavy atom. The van der Waals surface area contributed by atoms with Gasteiger partial charge in [-0.1, -0.05) is 29.8 Å². The number of rotatable bonds is 0. The van der Waals surface area contributed by atoms with Crippen LogP contribution in [0.15, 0.2) is 36.4 Å². The van der Waals surface area contributed by atoms with Gasteiger partial charge in [0.05, 0.1) is 0 Å². The highest BCUT2D eigenvalue weighted by molar-refractivity contribution is 14.1. The summed E-state index contributed by atoms with van der Waals surface area (Å²) in [7, 11) is 0. The minimum Gasteiger partial charge on any atom is -0.134 e. The average molecular weight is 345 g/mol. The summed E-state index contributed by atoms with van der Waals surface area (Å²) < 4.78 is 3.89.